The first kappa shape index (κ1) is 21.2. The van der Waals surface area contributed by atoms with Gasteiger partial charge in [-0.15, -0.1) is 11.3 Å². The van der Waals surface area contributed by atoms with E-state index in [-0.39, 0.29) is 23.2 Å². The number of aryl methyl sites for hydroxylation is 3. The SMILES string of the molecule is Cc1ccc2oc(C(=O)Nc3sc4c(c3C(=O)N[C@H]3CCS(=O)(=O)C3)CCC4)c(C)c2c1. The maximum absolute atomic E-state index is 13.1. The van der Waals surface area contributed by atoms with E-state index in [0.717, 1.165) is 46.2 Å². The van der Waals surface area contributed by atoms with E-state index in [1.54, 1.807) is 0 Å². The number of rotatable bonds is 4. The largest absolute Gasteiger partial charge is 0.451 e. The molecule has 2 amide bonds. The van der Waals surface area contributed by atoms with Gasteiger partial charge < -0.3 is 15.1 Å². The number of carbonyl (C=O) groups excluding carboxylic acids is 2. The van der Waals surface area contributed by atoms with Gasteiger partial charge in [0.15, 0.2) is 15.6 Å². The lowest BCUT2D eigenvalue weighted by atomic mass is 10.1. The second kappa shape index (κ2) is 7.74. The molecular formula is C23H24N2O5S2. The maximum Gasteiger partial charge on any atom is 0.292 e. The van der Waals surface area contributed by atoms with Crippen molar-refractivity contribution in [2.45, 2.75) is 45.6 Å². The minimum Gasteiger partial charge on any atom is -0.451 e. The number of carbonyl (C=O) groups is 2. The molecule has 9 heteroatoms. The number of nitrogens with one attached hydrogen (secondary N) is 2. The number of sulfone groups is 1. The van der Waals surface area contributed by atoms with Crippen LogP contribution < -0.4 is 10.6 Å². The van der Waals surface area contributed by atoms with Gasteiger partial charge in [-0.3, -0.25) is 9.59 Å². The summed E-state index contributed by atoms with van der Waals surface area (Å²) in [6.07, 6.45) is 3.03. The molecule has 1 aliphatic heterocycles. The van der Waals surface area contributed by atoms with Crippen LogP contribution in [0.3, 0.4) is 0 Å². The van der Waals surface area contributed by atoms with Crippen LogP contribution in [0.4, 0.5) is 5.00 Å². The van der Waals surface area contributed by atoms with Crippen LogP contribution in [-0.4, -0.2) is 37.8 Å². The van der Waals surface area contributed by atoms with Crippen LogP contribution in [0.5, 0.6) is 0 Å². The summed E-state index contributed by atoms with van der Waals surface area (Å²) in [5, 5.41) is 7.16. The zero-order chi connectivity index (χ0) is 22.6. The predicted molar refractivity (Wildman–Crippen MR) is 125 cm³/mol. The molecule has 2 aromatic heterocycles. The Hall–Kier alpha value is -2.65. The van der Waals surface area contributed by atoms with Gasteiger partial charge in [0.2, 0.25) is 0 Å². The van der Waals surface area contributed by atoms with Crippen molar-refractivity contribution in [3.63, 3.8) is 0 Å². The van der Waals surface area contributed by atoms with Gasteiger partial charge in [0.25, 0.3) is 11.8 Å². The summed E-state index contributed by atoms with van der Waals surface area (Å²) in [6, 6.07) is 5.37. The van der Waals surface area contributed by atoms with Gasteiger partial charge in [0, 0.05) is 21.9 Å². The number of fused-ring (bicyclic) bond motifs is 2. The van der Waals surface area contributed by atoms with Crippen LogP contribution >= 0.6 is 11.3 Å². The van der Waals surface area contributed by atoms with Crippen LogP contribution in [0.2, 0.25) is 0 Å². The highest BCUT2D eigenvalue weighted by Gasteiger charge is 2.33. The fourth-order valence-electron chi connectivity index (χ4n) is 4.61. The maximum atomic E-state index is 13.1. The molecule has 1 saturated heterocycles. The van der Waals surface area contributed by atoms with Gasteiger partial charge in [0.1, 0.15) is 10.6 Å². The minimum atomic E-state index is -3.10. The third kappa shape index (κ3) is 3.73. The molecule has 0 radical (unpaired) electrons. The number of anilines is 1. The Morgan fingerprint density at radius 1 is 1.16 bits per heavy atom. The van der Waals surface area contributed by atoms with Gasteiger partial charge in [0.05, 0.1) is 17.1 Å². The first-order valence-electron chi connectivity index (χ1n) is 10.7. The summed E-state index contributed by atoms with van der Waals surface area (Å²) in [6.45, 7) is 3.84. The van der Waals surface area contributed by atoms with Crippen molar-refractivity contribution >= 4 is 49.0 Å². The normalized spacial score (nSPS) is 19.2. The topological polar surface area (TPSA) is 105 Å². The van der Waals surface area contributed by atoms with Crippen molar-refractivity contribution < 1.29 is 22.4 Å². The molecule has 7 nitrogen and oxygen atoms in total. The highest BCUT2D eigenvalue weighted by molar-refractivity contribution is 7.91. The van der Waals surface area contributed by atoms with Crippen molar-refractivity contribution in [3.8, 4) is 0 Å². The molecule has 0 spiro atoms. The lowest BCUT2D eigenvalue weighted by molar-refractivity contribution is 0.0941. The first-order valence-corrected chi connectivity index (χ1v) is 13.3. The molecule has 2 N–H and O–H groups in total. The third-order valence-electron chi connectivity index (χ3n) is 6.24. The summed E-state index contributed by atoms with van der Waals surface area (Å²) in [5.41, 5.74) is 3.90. The molecular weight excluding hydrogens is 448 g/mol. The number of amides is 2. The lowest BCUT2D eigenvalue weighted by Gasteiger charge is -2.13. The number of thiophene rings is 1. The number of benzene rings is 1. The average molecular weight is 473 g/mol. The van der Waals surface area contributed by atoms with Crippen LogP contribution in [0.1, 0.15) is 55.3 Å². The summed E-state index contributed by atoms with van der Waals surface area (Å²) < 4.78 is 29.4. The van der Waals surface area contributed by atoms with E-state index >= 15 is 0 Å². The van der Waals surface area contributed by atoms with Crippen molar-refractivity contribution in [1.82, 2.24) is 5.32 Å². The van der Waals surface area contributed by atoms with Gasteiger partial charge in [-0.25, -0.2) is 8.42 Å². The second-order valence-electron chi connectivity index (χ2n) is 8.64. The van der Waals surface area contributed by atoms with E-state index in [1.165, 1.54) is 11.3 Å². The summed E-state index contributed by atoms with van der Waals surface area (Å²) in [7, 11) is -3.10. The molecule has 3 aromatic rings. The smallest absolute Gasteiger partial charge is 0.292 e. The Morgan fingerprint density at radius 2 is 1.97 bits per heavy atom. The monoisotopic (exact) mass is 472 g/mol. The van der Waals surface area contributed by atoms with E-state index in [4.69, 9.17) is 4.42 Å². The summed E-state index contributed by atoms with van der Waals surface area (Å²) >= 11 is 1.42. The molecule has 1 atom stereocenters. The van der Waals surface area contributed by atoms with Crippen molar-refractivity contribution in [1.29, 1.82) is 0 Å². The average Bonchev–Trinajstić information content (AvgIpc) is 3.45. The molecule has 168 valence electrons. The fraction of sp³-hybridized carbons (Fsp3) is 0.391. The van der Waals surface area contributed by atoms with Crippen molar-refractivity contribution in [2.24, 2.45) is 0 Å². The zero-order valence-corrected chi connectivity index (χ0v) is 19.5. The molecule has 3 heterocycles. The number of furan rings is 1. The van der Waals surface area contributed by atoms with Crippen molar-refractivity contribution in [3.05, 3.63) is 51.1 Å². The van der Waals surface area contributed by atoms with E-state index < -0.39 is 21.8 Å². The van der Waals surface area contributed by atoms with Gasteiger partial charge in [-0.2, -0.15) is 0 Å². The first-order chi connectivity index (χ1) is 15.2. The molecule has 32 heavy (non-hydrogen) atoms. The number of hydrogen-bond acceptors (Lipinski definition) is 6. The number of hydrogen-bond donors (Lipinski definition) is 2. The van der Waals surface area contributed by atoms with E-state index in [2.05, 4.69) is 10.6 Å². The minimum absolute atomic E-state index is 0.0373. The van der Waals surface area contributed by atoms with E-state index in [0.29, 0.717) is 22.6 Å². The predicted octanol–water partition coefficient (Wildman–Crippen LogP) is 3.77. The Morgan fingerprint density at radius 3 is 2.72 bits per heavy atom. The molecule has 2 aliphatic rings. The molecule has 0 unspecified atom stereocenters. The quantitative estimate of drug-likeness (QED) is 0.601. The highest BCUT2D eigenvalue weighted by atomic mass is 32.2. The Kier molecular flexibility index (Phi) is 5.13. The molecule has 0 saturated carbocycles. The van der Waals surface area contributed by atoms with E-state index in [1.807, 2.05) is 32.0 Å². The highest BCUT2D eigenvalue weighted by Crippen LogP contribution is 2.40. The fourth-order valence-corrected chi connectivity index (χ4v) is 7.57. The molecule has 0 bridgehead atoms. The van der Waals surface area contributed by atoms with Crippen LogP contribution in [-0.2, 0) is 22.7 Å². The molecule has 1 aromatic carbocycles. The Balaban J connectivity index is 1.44. The van der Waals surface area contributed by atoms with Crippen LogP contribution in [0.25, 0.3) is 11.0 Å². The molecule has 1 aliphatic carbocycles. The Bertz CT molecular complexity index is 1370. The van der Waals surface area contributed by atoms with Crippen LogP contribution in [0.15, 0.2) is 22.6 Å². The van der Waals surface area contributed by atoms with Crippen molar-refractivity contribution in [2.75, 3.05) is 16.8 Å². The summed E-state index contributed by atoms with van der Waals surface area (Å²) in [4.78, 5) is 27.4. The standard InChI is InChI=1S/C23H24N2O5S2/c1-12-6-7-17-16(10-12)13(2)20(30-17)22(27)25-23-19(15-4-3-5-18(15)31-23)21(26)24-14-8-9-32(28,29)11-14/h6-7,10,14H,3-5,8-9,11H2,1-2H3,(H,24,26)(H,25,27)/t14-/m0/s1. The molecule has 1 fully saturated rings. The summed E-state index contributed by atoms with van der Waals surface area (Å²) in [5.74, 6) is -0.432. The lowest BCUT2D eigenvalue weighted by Crippen LogP contribution is -2.36. The second-order valence-corrected chi connectivity index (χ2v) is 12.0. The molecule has 5 rings (SSSR count). The van der Waals surface area contributed by atoms with Crippen LogP contribution in [0, 0.1) is 13.8 Å². The van der Waals surface area contributed by atoms with Gasteiger partial charge >= 0.3 is 0 Å². The third-order valence-corrected chi connectivity index (χ3v) is 9.22. The zero-order valence-electron chi connectivity index (χ0n) is 17.9. The van der Waals surface area contributed by atoms with E-state index in [9.17, 15) is 18.0 Å². The van der Waals surface area contributed by atoms with Gasteiger partial charge in [-0.1, -0.05) is 11.6 Å². The van der Waals surface area contributed by atoms with Gasteiger partial charge in [-0.05, 0) is 57.2 Å². The Labute approximate surface area is 190 Å².